The number of benzene rings is 1. The molecule has 0 atom stereocenters. The fourth-order valence-corrected chi connectivity index (χ4v) is 2.47. The van der Waals surface area contributed by atoms with Crippen molar-refractivity contribution >= 4 is 31.9 Å². The molecule has 94 valence electrons. The summed E-state index contributed by atoms with van der Waals surface area (Å²) >= 11 is 6.95. The van der Waals surface area contributed by atoms with Crippen molar-refractivity contribution in [3.05, 3.63) is 60.6 Å². The first-order valence-corrected chi connectivity index (χ1v) is 7.06. The van der Waals surface area contributed by atoms with Crippen molar-refractivity contribution in [3.8, 4) is 0 Å². The minimum atomic E-state index is -0.219. The van der Waals surface area contributed by atoms with E-state index in [2.05, 4.69) is 36.8 Å². The van der Waals surface area contributed by atoms with Crippen LogP contribution in [-0.2, 0) is 6.54 Å². The topological polar surface area (TPSA) is 34.9 Å². The lowest BCUT2D eigenvalue weighted by Gasteiger charge is -2.13. The van der Waals surface area contributed by atoms with E-state index in [4.69, 9.17) is 0 Å². The largest absolute Gasteiger partial charge is 0.348 e. The molecule has 0 aliphatic carbocycles. The van der Waals surface area contributed by atoms with E-state index >= 15 is 0 Å². The summed E-state index contributed by atoms with van der Waals surface area (Å²) in [7, 11) is 0. The van der Waals surface area contributed by atoms with Gasteiger partial charge in [0, 0.05) is 10.2 Å². The van der Waals surface area contributed by atoms with Crippen LogP contribution in [-0.4, -0.2) is 9.55 Å². The molecule has 0 amide bonds. The summed E-state index contributed by atoms with van der Waals surface area (Å²) < 4.78 is 3.54. The van der Waals surface area contributed by atoms with Crippen LogP contribution in [0.5, 0.6) is 0 Å². The van der Waals surface area contributed by atoms with E-state index in [0.29, 0.717) is 6.54 Å². The lowest BCUT2D eigenvalue weighted by Crippen LogP contribution is -2.27. The first kappa shape index (κ1) is 13.5. The van der Waals surface area contributed by atoms with E-state index in [1.54, 1.807) is 4.57 Å². The van der Waals surface area contributed by atoms with E-state index in [0.717, 1.165) is 25.9 Å². The third-order valence-corrected chi connectivity index (χ3v) is 4.74. The molecule has 2 rings (SSSR count). The third kappa shape index (κ3) is 2.57. The standard InChI is InChI=1S/C13H12Br2N2O/c1-8-12(15)9(2)17(13(18)16-8)7-10-5-3-4-6-11(10)14/h3-6H,7H2,1-2H3. The molecule has 0 N–H and O–H groups in total. The van der Waals surface area contributed by atoms with Crippen molar-refractivity contribution in [3.63, 3.8) is 0 Å². The second kappa shape index (κ2) is 5.36. The van der Waals surface area contributed by atoms with E-state index in [9.17, 15) is 4.79 Å². The van der Waals surface area contributed by atoms with Crippen LogP contribution in [0.3, 0.4) is 0 Å². The summed E-state index contributed by atoms with van der Waals surface area (Å²) in [5.74, 6) is 0. The Kier molecular flexibility index (Phi) is 4.02. The van der Waals surface area contributed by atoms with Gasteiger partial charge in [0.05, 0.1) is 16.7 Å². The number of halogens is 2. The molecule has 0 aliphatic rings. The van der Waals surface area contributed by atoms with Crippen LogP contribution in [0.4, 0.5) is 0 Å². The van der Waals surface area contributed by atoms with Gasteiger partial charge in [-0.2, -0.15) is 4.98 Å². The molecular weight excluding hydrogens is 360 g/mol. The Bertz CT molecular complexity index is 650. The molecule has 0 saturated carbocycles. The maximum absolute atomic E-state index is 11.9. The molecule has 1 aromatic heterocycles. The molecule has 18 heavy (non-hydrogen) atoms. The summed E-state index contributed by atoms with van der Waals surface area (Å²) in [4.78, 5) is 15.9. The number of rotatable bonds is 2. The van der Waals surface area contributed by atoms with E-state index in [1.165, 1.54) is 0 Å². The van der Waals surface area contributed by atoms with E-state index < -0.39 is 0 Å². The maximum Gasteiger partial charge on any atom is 0.348 e. The van der Waals surface area contributed by atoms with Crippen LogP contribution in [0.2, 0.25) is 0 Å². The predicted octanol–water partition coefficient (Wildman–Crippen LogP) is 3.43. The molecule has 0 saturated heterocycles. The van der Waals surface area contributed by atoms with Crippen LogP contribution in [0.25, 0.3) is 0 Å². The van der Waals surface area contributed by atoms with Gasteiger partial charge >= 0.3 is 5.69 Å². The van der Waals surface area contributed by atoms with Crippen molar-refractivity contribution in [1.29, 1.82) is 0 Å². The molecule has 0 radical (unpaired) electrons. The Balaban J connectivity index is 2.51. The molecule has 0 unspecified atom stereocenters. The number of aromatic nitrogens is 2. The molecule has 3 nitrogen and oxygen atoms in total. The average molecular weight is 372 g/mol. The second-order valence-electron chi connectivity index (χ2n) is 4.06. The van der Waals surface area contributed by atoms with Crippen molar-refractivity contribution in [2.45, 2.75) is 20.4 Å². The Morgan fingerprint density at radius 3 is 2.56 bits per heavy atom. The van der Waals surface area contributed by atoms with Gasteiger partial charge in [-0.25, -0.2) is 4.79 Å². The molecule has 0 aliphatic heterocycles. The Morgan fingerprint density at radius 2 is 1.89 bits per heavy atom. The van der Waals surface area contributed by atoms with Crippen molar-refractivity contribution in [2.75, 3.05) is 0 Å². The highest BCUT2D eigenvalue weighted by Gasteiger charge is 2.10. The number of hydrogen-bond donors (Lipinski definition) is 0. The van der Waals surface area contributed by atoms with Gasteiger partial charge in [0.1, 0.15) is 0 Å². The van der Waals surface area contributed by atoms with Crippen molar-refractivity contribution < 1.29 is 0 Å². The minimum Gasteiger partial charge on any atom is -0.291 e. The molecule has 5 heteroatoms. The highest BCUT2D eigenvalue weighted by atomic mass is 79.9. The maximum atomic E-state index is 11.9. The van der Waals surface area contributed by atoms with E-state index in [1.807, 2.05) is 38.1 Å². The lowest BCUT2D eigenvalue weighted by atomic mass is 10.2. The lowest BCUT2D eigenvalue weighted by molar-refractivity contribution is 0.687. The summed E-state index contributed by atoms with van der Waals surface area (Å²) in [6.45, 7) is 4.25. The van der Waals surface area contributed by atoms with Gasteiger partial charge in [0.25, 0.3) is 0 Å². The minimum absolute atomic E-state index is 0.219. The molecular formula is C13H12Br2N2O. The number of hydrogen-bond acceptors (Lipinski definition) is 2. The smallest absolute Gasteiger partial charge is 0.291 e. The first-order chi connectivity index (χ1) is 8.50. The third-order valence-electron chi connectivity index (χ3n) is 2.82. The Labute approximate surface area is 122 Å². The van der Waals surface area contributed by atoms with Gasteiger partial charge in [0.2, 0.25) is 0 Å². The first-order valence-electron chi connectivity index (χ1n) is 5.47. The van der Waals surface area contributed by atoms with E-state index in [-0.39, 0.29) is 5.69 Å². The van der Waals surface area contributed by atoms with Crippen LogP contribution in [0.1, 0.15) is 17.0 Å². The van der Waals surface area contributed by atoms with Gasteiger partial charge in [-0.15, -0.1) is 0 Å². The quantitative estimate of drug-likeness (QED) is 0.810. The molecule has 2 aromatic rings. The van der Waals surface area contributed by atoms with Gasteiger partial charge in [0.15, 0.2) is 0 Å². The van der Waals surface area contributed by atoms with Crippen LogP contribution in [0, 0.1) is 13.8 Å². The zero-order chi connectivity index (χ0) is 13.3. The van der Waals surface area contributed by atoms with Crippen LogP contribution >= 0.6 is 31.9 Å². The fraction of sp³-hybridized carbons (Fsp3) is 0.231. The van der Waals surface area contributed by atoms with Crippen LogP contribution < -0.4 is 5.69 Å². The number of nitrogens with zero attached hydrogens (tertiary/aromatic N) is 2. The molecule has 0 spiro atoms. The highest BCUT2D eigenvalue weighted by molar-refractivity contribution is 9.10. The van der Waals surface area contributed by atoms with Crippen molar-refractivity contribution in [2.24, 2.45) is 0 Å². The summed E-state index contributed by atoms with van der Waals surface area (Å²) in [6.07, 6.45) is 0. The monoisotopic (exact) mass is 370 g/mol. The predicted molar refractivity (Wildman–Crippen MR) is 78.9 cm³/mol. The van der Waals surface area contributed by atoms with Gasteiger partial charge in [-0.3, -0.25) is 4.57 Å². The van der Waals surface area contributed by atoms with Crippen molar-refractivity contribution in [1.82, 2.24) is 9.55 Å². The molecule has 1 aromatic carbocycles. The number of aryl methyl sites for hydroxylation is 1. The zero-order valence-corrected chi connectivity index (χ0v) is 13.2. The Morgan fingerprint density at radius 1 is 1.22 bits per heavy atom. The second-order valence-corrected chi connectivity index (χ2v) is 5.70. The van der Waals surface area contributed by atoms with Crippen LogP contribution in [0.15, 0.2) is 38.0 Å². The summed E-state index contributed by atoms with van der Waals surface area (Å²) in [5.41, 5.74) is 2.45. The average Bonchev–Trinajstić information content (AvgIpc) is 2.34. The summed E-state index contributed by atoms with van der Waals surface area (Å²) in [6, 6.07) is 7.86. The van der Waals surface area contributed by atoms with Gasteiger partial charge in [-0.1, -0.05) is 34.1 Å². The van der Waals surface area contributed by atoms with Gasteiger partial charge in [-0.05, 0) is 41.4 Å². The fourth-order valence-electron chi connectivity index (χ4n) is 1.76. The molecule has 1 heterocycles. The SMILES string of the molecule is Cc1nc(=O)n(Cc2ccccc2Br)c(C)c1Br. The molecule has 0 fully saturated rings. The summed E-state index contributed by atoms with van der Waals surface area (Å²) in [5, 5.41) is 0. The Hall–Kier alpha value is -0.940. The normalized spacial score (nSPS) is 10.7. The molecule has 0 bridgehead atoms. The zero-order valence-electron chi connectivity index (χ0n) is 10.1. The highest BCUT2D eigenvalue weighted by Crippen LogP contribution is 2.20. The van der Waals surface area contributed by atoms with Gasteiger partial charge < -0.3 is 0 Å².